The van der Waals surface area contributed by atoms with E-state index in [-0.39, 0.29) is 0 Å². The van der Waals surface area contributed by atoms with Crippen molar-refractivity contribution >= 4 is 0 Å². The SMILES string of the molecule is CNC1CCC(C(C)C)CC1CC1CCC(C)O1. The third-order valence-corrected chi connectivity index (χ3v) is 5.22. The van der Waals surface area contributed by atoms with Gasteiger partial charge in [-0.2, -0.15) is 0 Å². The van der Waals surface area contributed by atoms with Crippen LogP contribution in [0.25, 0.3) is 0 Å². The predicted octanol–water partition coefficient (Wildman–Crippen LogP) is 3.60. The molecule has 1 saturated heterocycles. The van der Waals surface area contributed by atoms with Crippen molar-refractivity contribution in [2.45, 2.75) is 77.5 Å². The van der Waals surface area contributed by atoms with Crippen LogP contribution in [0.2, 0.25) is 0 Å². The molecule has 2 fully saturated rings. The molecule has 5 atom stereocenters. The smallest absolute Gasteiger partial charge is 0.0583 e. The van der Waals surface area contributed by atoms with Gasteiger partial charge in [0.15, 0.2) is 0 Å². The fourth-order valence-corrected chi connectivity index (χ4v) is 3.94. The van der Waals surface area contributed by atoms with Crippen LogP contribution in [0.3, 0.4) is 0 Å². The van der Waals surface area contributed by atoms with Crippen LogP contribution in [0.5, 0.6) is 0 Å². The molecule has 0 aromatic carbocycles. The van der Waals surface area contributed by atoms with Gasteiger partial charge in [-0.1, -0.05) is 13.8 Å². The first-order chi connectivity index (χ1) is 8.60. The standard InChI is InChI=1S/C16H31NO/c1-11(2)13-6-8-16(17-4)14(9-13)10-15-7-5-12(3)18-15/h11-17H,5-10H2,1-4H3. The monoisotopic (exact) mass is 253 g/mol. The highest BCUT2D eigenvalue weighted by Gasteiger charge is 2.34. The van der Waals surface area contributed by atoms with E-state index < -0.39 is 0 Å². The molecule has 0 aromatic rings. The molecule has 0 aromatic heterocycles. The predicted molar refractivity (Wildman–Crippen MR) is 76.7 cm³/mol. The third-order valence-electron chi connectivity index (χ3n) is 5.22. The van der Waals surface area contributed by atoms with Gasteiger partial charge in [-0.05, 0) is 70.3 Å². The molecule has 1 aliphatic heterocycles. The number of rotatable bonds is 4. The lowest BCUT2D eigenvalue weighted by molar-refractivity contribution is 0.0263. The van der Waals surface area contributed by atoms with E-state index in [1.165, 1.54) is 38.5 Å². The molecular weight excluding hydrogens is 222 g/mol. The first kappa shape index (κ1) is 14.3. The van der Waals surface area contributed by atoms with Crippen molar-refractivity contribution in [1.29, 1.82) is 0 Å². The highest BCUT2D eigenvalue weighted by atomic mass is 16.5. The normalized spacial score (nSPS) is 41.5. The molecule has 0 radical (unpaired) electrons. The number of nitrogens with one attached hydrogen (secondary N) is 1. The summed E-state index contributed by atoms with van der Waals surface area (Å²) in [5.41, 5.74) is 0. The molecule has 106 valence electrons. The largest absolute Gasteiger partial charge is 0.375 e. The van der Waals surface area contributed by atoms with Gasteiger partial charge in [-0.3, -0.25) is 0 Å². The molecule has 1 N–H and O–H groups in total. The summed E-state index contributed by atoms with van der Waals surface area (Å²) in [5.74, 6) is 2.60. The number of hydrogen-bond acceptors (Lipinski definition) is 2. The van der Waals surface area contributed by atoms with E-state index in [1.807, 2.05) is 0 Å². The zero-order chi connectivity index (χ0) is 13.1. The molecule has 2 heteroatoms. The molecule has 1 saturated carbocycles. The summed E-state index contributed by atoms with van der Waals surface area (Å²) in [5, 5.41) is 3.54. The summed E-state index contributed by atoms with van der Waals surface area (Å²) < 4.78 is 6.02. The molecule has 1 aliphatic carbocycles. The lowest BCUT2D eigenvalue weighted by Crippen LogP contribution is -2.41. The Morgan fingerprint density at radius 3 is 2.50 bits per heavy atom. The van der Waals surface area contributed by atoms with Gasteiger partial charge in [0.2, 0.25) is 0 Å². The van der Waals surface area contributed by atoms with Gasteiger partial charge in [0, 0.05) is 6.04 Å². The van der Waals surface area contributed by atoms with E-state index in [2.05, 4.69) is 33.1 Å². The molecule has 1 heterocycles. The Morgan fingerprint density at radius 2 is 1.94 bits per heavy atom. The molecule has 0 spiro atoms. The van der Waals surface area contributed by atoms with Crippen LogP contribution in [-0.4, -0.2) is 25.3 Å². The van der Waals surface area contributed by atoms with E-state index in [4.69, 9.17) is 4.74 Å². The first-order valence-electron chi connectivity index (χ1n) is 7.92. The van der Waals surface area contributed by atoms with Gasteiger partial charge in [-0.25, -0.2) is 0 Å². The minimum absolute atomic E-state index is 0.493. The van der Waals surface area contributed by atoms with Crippen molar-refractivity contribution in [3.63, 3.8) is 0 Å². The quantitative estimate of drug-likeness (QED) is 0.826. The molecule has 2 nitrogen and oxygen atoms in total. The number of hydrogen-bond donors (Lipinski definition) is 1. The van der Waals surface area contributed by atoms with Gasteiger partial charge < -0.3 is 10.1 Å². The van der Waals surface area contributed by atoms with Crippen LogP contribution in [0.1, 0.15) is 59.3 Å². The van der Waals surface area contributed by atoms with E-state index >= 15 is 0 Å². The fourth-order valence-electron chi connectivity index (χ4n) is 3.94. The maximum absolute atomic E-state index is 6.02. The van der Waals surface area contributed by atoms with Gasteiger partial charge in [0.25, 0.3) is 0 Å². The van der Waals surface area contributed by atoms with Gasteiger partial charge in [-0.15, -0.1) is 0 Å². The molecule has 0 bridgehead atoms. The molecule has 2 aliphatic rings. The first-order valence-corrected chi connectivity index (χ1v) is 7.92. The van der Waals surface area contributed by atoms with Crippen LogP contribution < -0.4 is 5.32 Å². The molecule has 2 rings (SSSR count). The minimum Gasteiger partial charge on any atom is -0.375 e. The Bertz CT molecular complexity index is 253. The lowest BCUT2D eigenvalue weighted by atomic mass is 9.72. The average Bonchev–Trinajstić information content (AvgIpc) is 2.74. The highest BCUT2D eigenvalue weighted by Crippen LogP contribution is 2.38. The highest BCUT2D eigenvalue weighted by molar-refractivity contribution is 4.87. The Kier molecular flexibility index (Phi) is 5.08. The zero-order valence-corrected chi connectivity index (χ0v) is 12.6. The van der Waals surface area contributed by atoms with Crippen LogP contribution in [0.15, 0.2) is 0 Å². The van der Waals surface area contributed by atoms with Crippen molar-refractivity contribution < 1.29 is 4.74 Å². The van der Waals surface area contributed by atoms with Crippen LogP contribution in [0, 0.1) is 17.8 Å². The van der Waals surface area contributed by atoms with E-state index in [1.54, 1.807) is 0 Å². The van der Waals surface area contributed by atoms with Crippen LogP contribution >= 0.6 is 0 Å². The average molecular weight is 253 g/mol. The van der Waals surface area contributed by atoms with Crippen LogP contribution in [0.4, 0.5) is 0 Å². The Labute approximate surface area is 113 Å². The van der Waals surface area contributed by atoms with E-state index in [0.29, 0.717) is 12.2 Å². The van der Waals surface area contributed by atoms with Crippen molar-refractivity contribution in [3.05, 3.63) is 0 Å². The minimum atomic E-state index is 0.493. The topological polar surface area (TPSA) is 21.3 Å². The summed E-state index contributed by atoms with van der Waals surface area (Å²) in [7, 11) is 2.13. The second-order valence-electron chi connectivity index (χ2n) is 6.85. The molecule has 5 unspecified atom stereocenters. The molecule has 18 heavy (non-hydrogen) atoms. The second kappa shape index (κ2) is 6.38. The number of ether oxygens (including phenoxy) is 1. The summed E-state index contributed by atoms with van der Waals surface area (Å²) in [6.45, 7) is 6.98. The van der Waals surface area contributed by atoms with Gasteiger partial charge in [0.05, 0.1) is 12.2 Å². The molecule has 0 amide bonds. The maximum Gasteiger partial charge on any atom is 0.0583 e. The maximum atomic E-state index is 6.02. The van der Waals surface area contributed by atoms with Gasteiger partial charge >= 0.3 is 0 Å². The lowest BCUT2D eigenvalue weighted by Gasteiger charge is -2.38. The van der Waals surface area contributed by atoms with Crippen molar-refractivity contribution in [1.82, 2.24) is 5.32 Å². The third kappa shape index (κ3) is 3.48. The summed E-state index contributed by atoms with van der Waals surface area (Å²) >= 11 is 0. The summed E-state index contributed by atoms with van der Waals surface area (Å²) in [6, 6.07) is 0.722. The van der Waals surface area contributed by atoms with E-state index in [0.717, 1.165) is 23.8 Å². The van der Waals surface area contributed by atoms with Gasteiger partial charge in [0.1, 0.15) is 0 Å². The van der Waals surface area contributed by atoms with Crippen molar-refractivity contribution in [3.8, 4) is 0 Å². The van der Waals surface area contributed by atoms with Crippen molar-refractivity contribution in [2.75, 3.05) is 7.05 Å². The summed E-state index contributed by atoms with van der Waals surface area (Å²) in [4.78, 5) is 0. The molecular formula is C16H31NO. The zero-order valence-electron chi connectivity index (χ0n) is 12.6. The van der Waals surface area contributed by atoms with E-state index in [9.17, 15) is 0 Å². The Balaban J connectivity index is 1.89. The van der Waals surface area contributed by atoms with Crippen molar-refractivity contribution in [2.24, 2.45) is 17.8 Å². The Morgan fingerprint density at radius 1 is 1.17 bits per heavy atom. The second-order valence-corrected chi connectivity index (χ2v) is 6.85. The van der Waals surface area contributed by atoms with Crippen LogP contribution in [-0.2, 0) is 4.74 Å². The summed E-state index contributed by atoms with van der Waals surface area (Å²) in [6.07, 6.45) is 9.00. The Hall–Kier alpha value is -0.0800. The fraction of sp³-hybridized carbons (Fsp3) is 1.00.